The summed E-state index contributed by atoms with van der Waals surface area (Å²) in [6, 6.07) is 0. The molecule has 0 amide bonds. The van der Waals surface area contributed by atoms with Gasteiger partial charge in [-0.2, -0.15) is 0 Å². The number of rotatable bonds is 3. The average molecular weight is 269 g/mol. The third kappa shape index (κ3) is 3.93. The highest BCUT2D eigenvalue weighted by Gasteiger charge is 2.50. The van der Waals surface area contributed by atoms with Crippen molar-refractivity contribution < 1.29 is 9.47 Å². The van der Waals surface area contributed by atoms with Gasteiger partial charge in [0.2, 0.25) is 0 Å². The second-order valence-electron chi connectivity index (χ2n) is 8.41. The molecular formula is C16H31NO2. The summed E-state index contributed by atoms with van der Waals surface area (Å²) in [6.45, 7) is 16.1. The van der Waals surface area contributed by atoms with E-state index >= 15 is 0 Å². The van der Waals surface area contributed by atoms with Gasteiger partial charge >= 0.3 is 0 Å². The van der Waals surface area contributed by atoms with Gasteiger partial charge in [0.1, 0.15) is 6.79 Å². The number of ether oxygens (including phenoxy) is 2. The molecule has 0 aromatic heterocycles. The second-order valence-corrected chi connectivity index (χ2v) is 8.41. The Morgan fingerprint density at radius 3 is 2.21 bits per heavy atom. The molecule has 0 N–H and O–H groups in total. The van der Waals surface area contributed by atoms with Crippen molar-refractivity contribution in [3.05, 3.63) is 0 Å². The van der Waals surface area contributed by atoms with Crippen LogP contribution >= 0.6 is 0 Å². The summed E-state index contributed by atoms with van der Waals surface area (Å²) in [5, 5.41) is 0. The maximum Gasteiger partial charge on any atom is 0.147 e. The molecule has 1 saturated carbocycles. The van der Waals surface area contributed by atoms with Crippen molar-refractivity contribution in [1.82, 2.24) is 4.90 Å². The zero-order valence-electron chi connectivity index (χ0n) is 13.6. The van der Waals surface area contributed by atoms with Crippen LogP contribution in [0, 0.1) is 5.41 Å². The topological polar surface area (TPSA) is 21.7 Å². The molecule has 2 aliphatic rings. The normalized spacial score (nSPS) is 32.8. The first-order chi connectivity index (χ1) is 8.60. The van der Waals surface area contributed by atoms with E-state index < -0.39 is 0 Å². The maximum atomic E-state index is 5.82. The molecule has 1 aliphatic heterocycles. The predicted molar refractivity (Wildman–Crippen MR) is 78.2 cm³/mol. The third-order valence-corrected chi connectivity index (χ3v) is 4.50. The minimum atomic E-state index is -0.0994. The van der Waals surface area contributed by atoms with Gasteiger partial charge in [-0.05, 0) is 72.8 Å². The van der Waals surface area contributed by atoms with Crippen LogP contribution < -0.4 is 0 Å². The van der Waals surface area contributed by atoms with Crippen molar-refractivity contribution >= 4 is 0 Å². The smallest absolute Gasteiger partial charge is 0.147 e. The van der Waals surface area contributed by atoms with Crippen LogP contribution in [-0.2, 0) is 9.47 Å². The van der Waals surface area contributed by atoms with Gasteiger partial charge in [-0.1, -0.05) is 0 Å². The fraction of sp³-hybridized carbons (Fsp3) is 1.00. The van der Waals surface area contributed by atoms with Crippen molar-refractivity contribution in [2.75, 3.05) is 19.9 Å². The molecule has 2 fully saturated rings. The summed E-state index contributed by atoms with van der Waals surface area (Å²) in [4.78, 5) is 2.62. The minimum Gasteiger partial charge on any atom is -0.352 e. The van der Waals surface area contributed by atoms with Crippen LogP contribution in [0.25, 0.3) is 0 Å². The largest absolute Gasteiger partial charge is 0.352 e. The van der Waals surface area contributed by atoms with Gasteiger partial charge < -0.3 is 9.47 Å². The molecular weight excluding hydrogens is 238 g/mol. The molecule has 112 valence electrons. The Labute approximate surface area is 118 Å². The van der Waals surface area contributed by atoms with Crippen molar-refractivity contribution in [3.8, 4) is 0 Å². The van der Waals surface area contributed by atoms with E-state index in [9.17, 15) is 0 Å². The first-order valence-corrected chi connectivity index (χ1v) is 7.60. The predicted octanol–water partition coefficient (Wildman–Crippen LogP) is 3.43. The summed E-state index contributed by atoms with van der Waals surface area (Å²) >= 11 is 0. The monoisotopic (exact) mass is 269 g/mol. The molecule has 0 aromatic rings. The van der Waals surface area contributed by atoms with E-state index in [4.69, 9.17) is 9.47 Å². The van der Waals surface area contributed by atoms with Crippen molar-refractivity contribution in [1.29, 1.82) is 0 Å². The Hall–Kier alpha value is -0.120. The highest BCUT2D eigenvalue weighted by molar-refractivity contribution is 5.02. The Morgan fingerprint density at radius 2 is 1.74 bits per heavy atom. The quantitative estimate of drug-likeness (QED) is 0.733. The molecule has 0 unspecified atom stereocenters. The molecule has 19 heavy (non-hydrogen) atoms. The molecule has 1 spiro atoms. The van der Waals surface area contributed by atoms with Gasteiger partial charge in [0, 0.05) is 12.1 Å². The molecule has 0 bridgehead atoms. The minimum absolute atomic E-state index is 0.0994. The van der Waals surface area contributed by atoms with Crippen molar-refractivity contribution in [3.63, 3.8) is 0 Å². The van der Waals surface area contributed by atoms with E-state index in [1.54, 1.807) is 0 Å². The summed E-state index contributed by atoms with van der Waals surface area (Å²) in [5.74, 6) is 0. The highest BCUT2D eigenvalue weighted by Crippen LogP contribution is 2.50. The molecule has 2 rings (SSSR count). The Balaban J connectivity index is 1.69. The van der Waals surface area contributed by atoms with Crippen LogP contribution in [0.5, 0.6) is 0 Å². The van der Waals surface area contributed by atoms with Crippen LogP contribution in [-0.4, -0.2) is 42.0 Å². The average Bonchev–Trinajstić information content (AvgIpc) is 2.58. The first-order valence-electron chi connectivity index (χ1n) is 7.60. The van der Waals surface area contributed by atoms with Gasteiger partial charge in [-0.25, -0.2) is 0 Å². The number of hydrogen-bond acceptors (Lipinski definition) is 3. The van der Waals surface area contributed by atoms with Crippen LogP contribution in [0.4, 0.5) is 0 Å². The zero-order valence-corrected chi connectivity index (χ0v) is 13.6. The van der Waals surface area contributed by atoms with E-state index in [1.165, 1.54) is 32.4 Å². The van der Waals surface area contributed by atoms with E-state index in [2.05, 4.69) is 46.4 Å². The molecule has 0 aromatic carbocycles. The van der Waals surface area contributed by atoms with Crippen LogP contribution in [0.3, 0.4) is 0 Å². The lowest BCUT2D eigenvalue weighted by Crippen LogP contribution is -2.47. The fourth-order valence-corrected chi connectivity index (χ4v) is 3.17. The molecule has 1 aliphatic carbocycles. The van der Waals surface area contributed by atoms with Gasteiger partial charge in [-0.15, -0.1) is 0 Å². The standard InChI is InChI=1S/C16H31NO2/c1-14(2,3)17-8-7-16(11-17)9-13(10-16)18-12-19-15(4,5)6/h13H,7-12H2,1-6H3. The molecule has 3 nitrogen and oxygen atoms in total. The summed E-state index contributed by atoms with van der Waals surface area (Å²) in [7, 11) is 0. The van der Waals surface area contributed by atoms with Crippen molar-refractivity contribution in [2.24, 2.45) is 5.41 Å². The van der Waals surface area contributed by atoms with Crippen LogP contribution in [0.1, 0.15) is 60.8 Å². The molecule has 1 heterocycles. The lowest BCUT2D eigenvalue weighted by molar-refractivity contribution is -0.180. The van der Waals surface area contributed by atoms with Crippen molar-refractivity contribution in [2.45, 2.75) is 78.0 Å². The molecule has 1 saturated heterocycles. The molecule has 0 atom stereocenters. The number of hydrogen-bond donors (Lipinski definition) is 0. The summed E-state index contributed by atoms with van der Waals surface area (Å²) in [6.07, 6.45) is 4.19. The van der Waals surface area contributed by atoms with Gasteiger partial charge in [0.05, 0.1) is 11.7 Å². The van der Waals surface area contributed by atoms with Crippen LogP contribution in [0.2, 0.25) is 0 Å². The lowest BCUT2D eigenvalue weighted by atomic mass is 9.66. The Kier molecular flexibility index (Phi) is 4.03. The Morgan fingerprint density at radius 1 is 1.11 bits per heavy atom. The van der Waals surface area contributed by atoms with Gasteiger partial charge in [0.15, 0.2) is 0 Å². The number of likely N-dealkylation sites (tertiary alicyclic amines) is 1. The SMILES string of the molecule is CC(C)(C)OCOC1CC2(CCN(C(C)(C)C)C2)C1. The maximum absolute atomic E-state index is 5.82. The molecule has 3 heteroatoms. The zero-order chi connectivity index (χ0) is 14.3. The van der Waals surface area contributed by atoms with Crippen LogP contribution in [0.15, 0.2) is 0 Å². The number of nitrogens with zero attached hydrogens (tertiary/aromatic N) is 1. The summed E-state index contributed by atoms with van der Waals surface area (Å²) < 4.78 is 11.5. The first kappa shape index (κ1) is 15.3. The van der Waals surface area contributed by atoms with Gasteiger partial charge in [-0.3, -0.25) is 4.90 Å². The van der Waals surface area contributed by atoms with E-state index in [-0.39, 0.29) is 5.60 Å². The highest BCUT2D eigenvalue weighted by atomic mass is 16.7. The lowest BCUT2D eigenvalue weighted by Gasteiger charge is -2.46. The van der Waals surface area contributed by atoms with E-state index in [1.807, 2.05) is 0 Å². The summed E-state index contributed by atoms with van der Waals surface area (Å²) in [5.41, 5.74) is 0.752. The van der Waals surface area contributed by atoms with E-state index in [0.717, 1.165) is 0 Å². The third-order valence-electron chi connectivity index (χ3n) is 4.50. The Bertz CT molecular complexity index is 308. The second kappa shape index (κ2) is 5.01. The fourth-order valence-electron chi connectivity index (χ4n) is 3.17. The molecule has 0 radical (unpaired) electrons. The van der Waals surface area contributed by atoms with Gasteiger partial charge in [0.25, 0.3) is 0 Å². The van der Waals surface area contributed by atoms with E-state index in [0.29, 0.717) is 23.9 Å².